The van der Waals surface area contributed by atoms with Gasteiger partial charge in [-0.3, -0.25) is 9.69 Å². The lowest BCUT2D eigenvalue weighted by molar-refractivity contribution is -0.146. The Balaban J connectivity index is 2.61. The normalized spacial score (nSPS) is 24.9. The zero-order valence-electron chi connectivity index (χ0n) is 11.9. The first kappa shape index (κ1) is 16.4. The van der Waals surface area contributed by atoms with Crippen LogP contribution in [0.2, 0.25) is 0 Å². The second kappa shape index (κ2) is 7.21. The lowest BCUT2D eigenvalue weighted by Crippen LogP contribution is -2.54. The number of likely N-dealkylation sites (N-methyl/N-ethyl adjacent to an activating group) is 1. The van der Waals surface area contributed by atoms with Gasteiger partial charge in [-0.25, -0.2) is 8.42 Å². The fraction of sp³-hybridized carbons (Fsp3) is 0.917. The molecule has 1 aliphatic heterocycles. The van der Waals surface area contributed by atoms with Crippen molar-refractivity contribution in [2.24, 2.45) is 0 Å². The van der Waals surface area contributed by atoms with Crippen LogP contribution >= 0.6 is 0 Å². The highest BCUT2D eigenvalue weighted by Crippen LogP contribution is 2.12. The second-order valence-electron chi connectivity index (χ2n) is 4.82. The number of ether oxygens (including phenoxy) is 1. The van der Waals surface area contributed by atoms with Gasteiger partial charge in [0.2, 0.25) is 0 Å². The third-order valence-corrected chi connectivity index (χ3v) is 5.04. The fourth-order valence-electron chi connectivity index (χ4n) is 2.25. The molecule has 0 amide bonds. The summed E-state index contributed by atoms with van der Waals surface area (Å²) >= 11 is 0. The van der Waals surface area contributed by atoms with Gasteiger partial charge in [0.25, 0.3) is 0 Å². The average Bonchev–Trinajstić information content (AvgIpc) is 2.31. The van der Waals surface area contributed by atoms with E-state index in [2.05, 4.69) is 5.32 Å². The van der Waals surface area contributed by atoms with Gasteiger partial charge in [-0.2, -0.15) is 0 Å². The Bertz CT molecular complexity index is 397. The van der Waals surface area contributed by atoms with Crippen LogP contribution in [-0.2, 0) is 19.4 Å². The Labute approximate surface area is 115 Å². The van der Waals surface area contributed by atoms with Crippen molar-refractivity contribution < 1.29 is 17.9 Å². The van der Waals surface area contributed by atoms with Crippen LogP contribution in [0, 0.1) is 0 Å². The van der Waals surface area contributed by atoms with Crippen molar-refractivity contribution >= 4 is 15.8 Å². The molecule has 0 saturated carbocycles. The first-order valence-electron chi connectivity index (χ1n) is 6.74. The molecule has 1 heterocycles. The summed E-state index contributed by atoms with van der Waals surface area (Å²) in [6, 6.07) is -0.456. The number of nitrogens with one attached hydrogen (secondary N) is 1. The molecule has 1 saturated heterocycles. The molecule has 1 N–H and O–H groups in total. The Hall–Kier alpha value is -0.660. The van der Waals surface area contributed by atoms with Gasteiger partial charge in [0.05, 0.1) is 18.1 Å². The van der Waals surface area contributed by atoms with Gasteiger partial charge in [0.1, 0.15) is 6.04 Å². The zero-order valence-corrected chi connectivity index (χ0v) is 12.7. The fourth-order valence-corrected chi connectivity index (χ4v) is 3.88. The summed E-state index contributed by atoms with van der Waals surface area (Å²) in [6.07, 6.45) is 0. The molecule has 0 aliphatic carbocycles. The molecule has 7 heteroatoms. The highest BCUT2D eigenvalue weighted by atomic mass is 32.2. The Kier molecular flexibility index (Phi) is 6.22. The minimum Gasteiger partial charge on any atom is -0.465 e. The predicted octanol–water partition coefficient (Wildman–Crippen LogP) is -0.353. The van der Waals surface area contributed by atoms with Gasteiger partial charge in [-0.05, 0) is 20.4 Å². The van der Waals surface area contributed by atoms with E-state index in [1.165, 1.54) is 0 Å². The first-order valence-corrected chi connectivity index (χ1v) is 8.56. The number of rotatable bonds is 6. The number of carbonyl (C=O) groups is 1. The summed E-state index contributed by atoms with van der Waals surface area (Å²) in [4.78, 5) is 13.8. The molecule has 1 rings (SSSR count). The summed E-state index contributed by atoms with van der Waals surface area (Å²) in [6.45, 7) is 7.57. The van der Waals surface area contributed by atoms with Crippen molar-refractivity contribution in [3.63, 3.8) is 0 Å². The third-order valence-electron chi connectivity index (χ3n) is 3.25. The lowest BCUT2D eigenvalue weighted by Gasteiger charge is -2.35. The van der Waals surface area contributed by atoms with E-state index in [0.29, 0.717) is 26.2 Å². The van der Waals surface area contributed by atoms with E-state index >= 15 is 0 Å². The van der Waals surface area contributed by atoms with Gasteiger partial charge in [0.15, 0.2) is 9.84 Å². The standard InChI is InChI=1S/C12H24N2O4S/c1-4-13-11(12(15)18-5-2)8-14-6-7-19(16,17)9-10(14)3/h10-11,13H,4-9H2,1-3H3. The molecular weight excluding hydrogens is 268 g/mol. The van der Waals surface area contributed by atoms with Crippen molar-refractivity contribution in [2.45, 2.75) is 32.9 Å². The van der Waals surface area contributed by atoms with Crippen molar-refractivity contribution in [3.05, 3.63) is 0 Å². The molecule has 0 aromatic carbocycles. The summed E-state index contributed by atoms with van der Waals surface area (Å²) in [7, 11) is -2.92. The molecule has 2 unspecified atom stereocenters. The van der Waals surface area contributed by atoms with E-state index in [9.17, 15) is 13.2 Å². The first-order chi connectivity index (χ1) is 8.89. The van der Waals surface area contributed by atoms with Gasteiger partial charge in [-0.15, -0.1) is 0 Å². The summed E-state index contributed by atoms with van der Waals surface area (Å²) in [5.41, 5.74) is 0. The molecule has 1 aliphatic rings. The van der Waals surface area contributed by atoms with Crippen LogP contribution in [0.25, 0.3) is 0 Å². The van der Waals surface area contributed by atoms with Crippen LogP contribution in [0.15, 0.2) is 0 Å². The maximum Gasteiger partial charge on any atom is 0.324 e. The van der Waals surface area contributed by atoms with Gasteiger partial charge < -0.3 is 10.1 Å². The molecule has 19 heavy (non-hydrogen) atoms. The van der Waals surface area contributed by atoms with Gasteiger partial charge >= 0.3 is 5.97 Å². The number of hydrogen-bond donors (Lipinski definition) is 1. The van der Waals surface area contributed by atoms with Crippen LogP contribution in [0.5, 0.6) is 0 Å². The van der Waals surface area contributed by atoms with Crippen molar-refractivity contribution in [1.29, 1.82) is 0 Å². The smallest absolute Gasteiger partial charge is 0.324 e. The van der Waals surface area contributed by atoms with E-state index in [1.807, 2.05) is 18.7 Å². The Morgan fingerprint density at radius 1 is 1.47 bits per heavy atom. The molecule has 0 aromatic rings. The van der Waals surface area contributed by atoms with E-state index in [0.717, 1.165) is 0 Å². The van der Waals surface area contributed by atoms with E-state index in [4.69, 9.17) is 4.74 Å². The van der Waals surface area contributed by atoms with E-state index in [1.54, 1.807) is 6.92 Å². The number of carbonyl (C=O) groups excluding carboxylic acids is 1. The third kappa shape index (κ3) is 5.08. The average molecular weight is 292 g/mol. The van der Waals surface area contributed by atoms with Gasteiger partial charge in [0, 0.05) is 19.1 Å². The van der Waals surface area contributed by atoms with Crippen LogP contribution in [0.3, 0.4) is 0 Å². The zero-order chi connectivity index (χ0) is 14.5. The molecule has 0 bridgehead atoms. The molecule has 0 aromatic heterocycles. The molecule has 6 nitrogen and oxygen atoms in total. The molecule has 1 fully saturated rings. The second-order valence-corrected chi connectivity index (χ2v) is 7.05. The van der Waals surface area contributed by atoms with E-state index < -0.39 is 15.9 Å². The Morgan fingerprint density at radius 2 is 2.16 bits per heavy atom. The minimum atomic E-state index is -2.92. The Morgan fingerprint density at radius 3 is 2.68 bits per heavy atom. The lowest BCUT2D eigenvalue weighted by atomic mass is 10.2. The van der Waals surface area contributed by atoms with Crippen LogP contribution in [-0.4, -0.2) is 69.1 Å². The maximum absolute atomic E-state index is 11.8. The van der Waals surface area contributed by atoms with E-state index in [-0.39, 0.29) is 23.5 Å². The van der Waals surface area contributed by atoms with Crippen LogP contribution in [0.4, 0.5) is 0 Å². The summed E-state index contributed by atoms with van der Waals surface area (Å²) in [5.74, 6) is 0.0539. The number of sulfone groups is 1. The summed E-state index contributed by atoms with van der Waals surface area (Å²) < 4.78 is 28.1. The van der Waals surface area contributed by atoms with Crippen molar-refractivity contribution in [2.75, 3.05) is 37.7 Å². The number of esters is 1. The topological polar surface area (TPSA) is 75.7 Å². The SMILES string of the molecule is CCNC(CN1CCS(=O)(=O)CC1C)C(=O)OCC. The number of hydrogen-bond acceptors (Lipinski definition) is 6. The predicted molar refractivity (Wildman–Crippen MR) is 73.8 cm³/mol. The number of nitrogens with zero attached hydrogens (tertiary/aromatic N) is 1. The monoisotopic (exact) mass is 292 g/mol. The quantitative estimate of drug-likeness (QED) is 0.674. The largest absolute Gasteiger partial charge is 0.465 e. The molecule has 0 spiro atoms. The van der Waals surface area contributed by atoms with Crippen LogP contribution in [0.1, 0.15) is 20.8 Å². The van der Waals surface area contributed by atoms with Crippen molar-refractivity contribution in [1.82, 2.24) is 10.2 Å². The van der Waals surface area contributed by atoms with Gasteiger partial charge in [-0.1, -0.05) is 6.92 Å². The highest BCUT2D eigenvalue weighted by Gasteiger charge is 2.31. The van der Waals surface area contributed by atoms with Crippen molar-refractivity contribution in [3.8, 4) is 0 Å². The summed E-state index contributed by atoms with van der Waals surface area (Å²) in [5, 5.41) is 3.09. The molecule has 2 atom stereocenters. The maximum atomic E-state index is 11.8. The molecule has 0 radical (unpaired) electrons. The highest BCUT2D eigenvalue weighted by molar-refractivity contribution is 7.91. The van der Waals surface area contributed by atoms with Crippen LogP contribution < -0.4 is 5.32 Å². The minimum absolute atomic E-state index is 0.0608. The molecule has 112 valence electrons. The molecular formula is C12H24N2O4S.